The Morgan fingerprint density at radius 3 is 2.58 bits per heavy atom. The van der Waals surface area contributed by atoms with Gasteiger partial charge in [0.2, 0.25) is 5.91 Å². The van der Waals surface area contributed by atoms with Gasteiger partial charge in [-0.1, -0.05) is 0 Å². The summed E-state index contributed by atoms with van der Waals surface area (Å²) in [5, 5.41) is 9.72. The first kappa shape index (κ1) is 19.5. The highest BCUT2D eigenvalue weighted by Crippen LogP contribution is 2.24. The maximum Gasteiger partial charge on any atom is 0.339 e. The van der Waals surface area contributed by atoms with Gasteiger partial charge in [0.15, 0.2) is 0 Å². The molecule has 0 atom stereocenters. The number of ether oxygens (including phenoxy) is 1. The topological polar surface area (TPSA) is 97.0 Å². The number of hydrogen-bond acceptors (Lipinski definition) is 5. The van der Waals surface area contributed by atoms with Crippen LogP contribution in [0.1, 0.15) is 31.4 Å². The molecule has 0 aliphatic heterocycles. The van der Waals surface area contributed by atoms with Crippen molar-refractivity contribution in [3.05, 3.63) is 39.7 Å². The van der Waals surface area contributed by atoms with E-state index in [0.717, 1.165) is 10.9 Å². The van der Waals surface area contributed by atoms with E-state index < -0.39 is 11.6 Å². The number of aryl methyl sites for hydroxylation is 1. The average molecular weight is 361 g/mol. The summed E-state index contributed by atoms with van der Waals surface area (Å²) in [7, 11) is 1.53. The van der Waals surface area contributed by atoms with Crippen LogP contribution in [0.15, 0.2) is 27.4 Å². The number of methoxy groups -OCH3 is 1. The number of fused-ring (bicyclic) bond motifs is 1. The minimum absolute atomic E-state index is 0.0404. The van der Waals surface area contributed by atoms with E-state index in [-0.39, 0.29) is 31.3 Å². The van der Waals surface area contributed by atoms with E-state index in [0.29, 0.717) is 16.9 Å². The van der Waals surface area contributed by atoms with Gasteiger partial charge in [0.25, 0.3) is 0 Å². The molecule has 0 aliphatic rings. The van der Waals surface area contributed by atoms with Crippen LogP contribution in [-0.2, 0) is 16.0 Å². The first-order valence-corrected chi connectivity index (χ1v) is 8.36. The third kappa shape index (κ3) is 4.22. The molecule has 1 aromatic carbocycles. The summed E-state index contributed by atoms with van der Waals surface area (Å²) in [5.41, 5.74) is 1.11. The Morgan fingerprint density at radius 1 is 1.31 bits per heavy atom. The molecule has 1 amide bonds. The van der Waals surface area contributed by atoms with Gasteiger partial charge >= 0.3 is 11.6 Å². The van der Waals surface area contributed by atoms with Gasteiger partial charge in [0.1, 0.15) is 17.9 Å². The number of carbonyl (C=O) groups is 2. The summed E-state index contributed by atoms with van der Waals surface area (Å²) in [6.45, 7) is 4.96. The fourth-order valence-electron chi connectivity index (χ4n) is 2.87. The molecule has 2 aromatic rings. The van der Waals surface area contributed by atoms with Crippen LogP contribution in [-0.4, -0.2) is 41.6 Å². The molecule has 0 unspecified atom stereocenters. The van der Waals surface area contributed by atoms with Gasteiger partial charge in [-0.2, -0.15) is 0 Å². The van der Waals surface area contributed by atoms with Crippen molar-refractivity contribution >= 4 is 22.8 Å². The van der Waals surface area contributed by atoms with Gasteiger partial charge in [-0.05, 0) is 44.9 Å². The summed E-state index contributed by atoms with van der Waals surface area (Å²) < 4.78 is 10.5. The molecule has 2 rings (SSSR count). The third-order valence-corrected chi connectivity index (χ3v) is 4.33. The standard InChI is InChI=1S/C19H23NO6/c1-11(2)20(10-18(22)23)17(21)8-7-15-12(3)14-6-5-13(25-4)9-16(14)26-19(15)24/h5-6,9,11H,7-8,10H2,1-4H3,(H,22,23). The Labute approximate surface area is 151 Å². The highest BCUT2D eigenvalue weighted by atomic mass is 16.5. The quantitative estimate of drug-likeness (QED) is 0.761. The molecular formula is C19H23NO6. The van der Waals surface area contributed by atoms with E-state index in [2.05, 4.69) is 0 Å². The van der Waals surface area contributed by atoms with E-state index in [9.17, 15) is 14.4 Å². The van der Waals surface area contributed by atoms with Crippen LogP contribution in [0.2, 0.25) is 0 Å². The van der Waals surface area contributed by atoms with E-state index in [1.807, 2.05) is 13.0 Å². The van der Waals surface area contributed by atoms with Gasteiger partial charge in [-0.3, -0.25) is 9.59 Å². The van der Waals surface area contributed by atoms with Crippen molar-refractivity contribution in [2.24, 2.45) is 0 Å². The van der Waals surface area contributed by atoms with Crippen molar-refractivity contribution in [2.75, 3.05) is 13.7 Å². The lowest BCUT2D eigenvalue weighted by Gasteiger charge is -2.25. The van der Waals surface area contributed by atoms with Crippen LogP contribution < -0.4 is 10.4 Å². The second-order valence-electron chi connectivity index (χ2n) is 6.36. The van der Waals surface area contributed by atoms with Gasteiger partial charge in [0.05, 0.1) is 7.11 Å². The Morgan fingerprint density at radius 2 is 2.00 bits per heavy atom. The summed E-state index contributed by atoms with van der Waals surface area (Å²) in [5.74, 6) is -0.789. The van der Waals surface area contributed by atoms with Crippen LogP contribution in [0, 0.1) is 6.92 Å². The fraction of sp³-hybridized carbons (Fsp3) is 0.421. The maximum absolute atomic E-state index is 12.4. The summed E-state index contributed by atoms with van der Waals surface area (Å²) >= 11 is 0. The van der Waals surface area contributed by atoms with Crippen molar-refractivity contribution in [2.45, 2.75) is 39.7 Å². The Kier molecular flexibility index (Phi) is 6.02. The van der Waals surface area contributed by atoms with Crippen LogP contribution in [0.3, 0.4) is 0 Å². The third-order valence-electron chi connectivity index (χ3n) is 4.33. The SMILES string of the molecule is COc1ccc2c(C)c(CCC(=O)N(CC(=O)O)C(C)C)c(=O)oc2c1. The van der Waals surface area contributed by atoms with Crippen LogP contribution in [0.5, 0.6) is 5.75 Å². The molecule has 0 aliphatic carbocycles. The number of aliphatic carboxylic acids is 1. The average Bonchev–Trinajstić information content (AvgIpc) is 2.58. The number of amides is 1. The lowest BCUT2D eigenvalue weighted by atomic mass is 10.0. The molecule has 0 saturated carbocycles. The summed E-state index contributed by atoms with van der Waals surface area (Å²) in [6.07, 6.45) is 0.233. The second kappa shape index (κ2) is 8.03. The van der Waals surface area contributed by atoms with Crippen molar-refractivity contribution in [1.29, 1.82) is 0 Å². The molecule has 0 radical (unpaired) electrons. The second-order valence-corrected chi connectivity index (χ2v) is 6.36. The highest BCUT2D eigenvalue weighted by Gasteiger charge is 2.21. The van der Waals surface area contributed by atoms with E-state index >= 15 is 0 Å². The number of rotatable bonds is 7. The number of hydrogen-bond donors (Lipinski definition) is 1. The number of carbonyl (C=O) groups excluding carboxylic acids is 1. The predicted octanol–water partition coefficient (Wildman–Crippen LogP) is 2.36. The molecule has 0 saturated heterocycles. The van der Waals surface area contributed by atoms with E-state index in [4.69, 9.17) is 14.3 Å². The molecule has 0 spiro atoms. The van der Waals surface area contributed by atoms with Crippen LogP contribution in [0.25, 0.3) is 11.0 Å². The Bertz CT molecular complexity index is 883. The normalized spacial score (nSPS) is 11.0. The lowest BCUT2D eigenvalue weighted by molar-refractivity contribution is -0.145. The smallest absolute Gasteiger partial charge is 0.339 e. The molecule has 0 bridgehead atoms. The van der Waals surface area contributed by atoms with Crippen molar-refractivity contribution in [3.63, 3.8) is 0 Å². The largest absolute Gasteiger partial charge is 0.497 e. The first-order chi connectivity index (χ1) is 12.2. The lowest BCUT2D eigenvalue weighted by Crippen LogP contribution is -2.40. The monoisotopic (exact) mass is 361 g/mol. The fourth-order valence-corrected chi connectivity index (χ4v) is 2.87. The predicted molar refractivity (Wildman–Crippen MR) is 96.6 cm³/mol. The van der Waals surface area contributed by atoms with Gasteiger partial charge in [0, 0.05) is 29.5 Å². The minimum Gasteiger partial charge on any atom is -0.497 e. The van der Waals surface area contributed by atoms with E-state index in [1.54, 1.807) is 26.0 Å². The molecule has 140 valence electrons. The maximum atomic E-state index is 12.4. The number of carboxylic acids is 1. The zero-order valence-electron chi connectivity index (χ0n) is 15.4. The zero-order valence-corrected chi connectivity index (χ0v) is 15.4. The molecule has 0 fully saturated rings. The molecule has 7 heteroatoms. The number of carboxylic acid groups (broad SMARTS) is 1. The summed E-state index contributed by atoms with van der Waals surface area (Å²) in [4.78, 5) is 36.9. The van der Waals surface area contributed by atoms with Gasteiger partial charge in [-0.25, -0.2) is 4.79 Å². The molecule has 1 heterocycles. The Hall–Kier alpha value is -2.83. The number of benzene rings is 1. The van der Waals surface area contributed by atoms with Crippen molar-refractivity contribution in [3.8, 4) is 5.75 Å². The van der Waals surface area contributed by atoms with E-state index in [1.165, 1.54) is 12.0 Å². The molecule has 7 nitrogen and oxygen atoms in total. The van der Waals surface area contributed by atoms with Crippen molar-refractivity contribution in [1.82, 2.24) is 4.90 Å². The molecule has 1 aromatic heterocycles. The van der Waals surface area contributed by atoms with Gasteiger partial charge in [-0.15, -0.1) is 0 Å². The number of nitrogens with zero attached hydrogens (tertiary/aromatic N) is 1. The zero-order chi connectivity index (χ0) is 19.4. The van der Waals surface area contributed by atoms with Crippen LogP contribution in [0.4, 0.5) is 0 Å². The van der Waals surface area contributed by atoms with Crippen molar-refractivity contribution < 1.29 is 23.8 Å². The molecular weight excluding hydrogens is 338 g/mol. The highest BCUT2D eigenvalue weighted by molar-refractivity contribution is 5.83. The van der Waals surface area contributed by atoms with Gasteiger partial charge < -0.3 is 19.2 Å². The first-order valence-electron chi connectivity index (χ1n) is 8.36. The molecule has 26 heavy (non-hydrogen) atoms. The van der Waals surface area contributed by atoms with Crippen LogP contribution >= 0.6 is 0 Å². The Balaban J connectivity index is 2.26. The summed E-state index contributed by atoms with van der Waals surface area (Å²) in [6, 6.07) is 4.99. The minimum atomic E-state index is -1.07. The molecule has 1 N–H and O–H groups in total.